The van der Waals surface area contributed by atoms with Crippen molar-refractivity contribution in [3.63, 3.8) is 0 Å². The predicted octanol–water partition coefficient (Wildman–Crippen LogP) is 7.11. The number of phenols is 1. The van der Waals surface area contributed by atoms with Gasteiger partial charge in [-0.2, -0.15) is 0 Å². The summed E-state index contributed by atoms with van der Waals surface area (Å²) in [7, 11) is 0. The van der Waals surface area contributed by atoms with Crippen LogP contribution in [0.5, 0.6) is 11.5 Å². The smallest absolute Gasteiger partial charge is 0.269 e. The number of amides is 4. The summed E-state index contributed by atoms with van der Waals surface area (Å²) >= 11 is 6.09. The number of rotatable bonds is 7. The van der Waals surface area contributed by atoms with Crippen LogP contribution in [0.1, 0.15) is 36.8 Å². The minimum absolute atomic E-state index is 0.0438. The van der Waals surface area contributed by atoms with Crippen molar-refractivity contribution in [2.75, 3.05) is 9.80 Å². The van der Waals surface area contributed by atoms with E-state index in [1.165, 1.54) is 42.5 Å². The van der Waals surface area contributed by atoms with Crippen LogP contribution in [0.3, 0.4) is 0 Å². The number of nitro groups is 1. The summed E-state index contributed by atoms with van der Waals surface area (Å²) in [5, 5.41) is 22.6. The Hall–Kier alpha value is -5.88. The average Bonchev–Trinajstić information content (AvgIpc) is 3.52. The van der Waals surface area contributed by atoms with E-state index in [0.717, 1.165) is 21.4 Å². The fourth-order valence-corrected chi connectivity index (χ4v) is 8.98. The second-order valence-electron chi connectivity index (χ2n) is 14.0. The summed E-state index contributed by atoms with van der Waals surface area (Å²) in [6.07, 6.45) is 2.04. The van der Waals surface area contributed by atoms with Gasteiger partial charge in [-0.25, -0.2) is 9.29 Å². The van der Waals surface area contributed by atoms with Crippen LogP contribution < -0.4 is 14.5 Å². The number of hydrogen-bond donors (Lipinski definition) is 1. The lowest BCUT2D eigenvalue weighted by Gasteiger charge is -2.49. The highest BCUT2D eigenvalue weighted by Crippen LogP contribution is 2.64. The van der Waals surface area contributed by atoms with E-state index >= 15 is 0 Å². The van der Waals surface area contributed by atoms with Gasteiger partial charge in [0.2, 0.25) is 23.6 Å². The maximum absolute atomic E-state index is 14.7. The molecule has 4 aliphatic rings. The average molecular weight is 736 g/mol. The molecule has 2 heterocycles. The Labute approximate surface area is 307 Å². The number of allylic oxidation sites excluding steroid dienone is 2. The topological polar surface area (TPSA) is 147 Å². The van der Waals surface area contributed by atoms with Crippen LogP contribution in [0.25, 0.3) is 0 Å². The maximum atomic E-state index is 14.7. The molecule has 0 unspecified atom stereocenters. The van der Waals surface area contributed by atoms with Gasteiger partial charge in [0.1, 0.15) is 23.9 Å². The Morgan fingerprint density at radius 2 is 1.62 bits per heavy atom. The fraction of sp³-hybridized carbons (Fsp3) is 0.250. The number of halogens is 2. The molecule has 0 spiro atoms. The van der Waals surface area contributed by atoms with Crippen molar-refractivity contribution >= 4 is 52.3 Å². The van der Waals surface area contributed by atoms with Gasteiger partial charge in [0.15, 0.2) is 0 Å². The van der Waals surface area contributed by atoms with Crippen LogP contribution in [-0.2, 0) is 25.8 Å². The quantitative estimate of drug-likeness (QED) is 0.0915. The fourth-order valence-electron chi connectivity index (χ4n) is 8.81. The number of carbonyl (C=O) groups is 4. The van der Waals surface area contributed by atoms with Crippen LogP contribution in [0, 0.1) is 45.0 Å². The zero-order valence-electron chi connectivity index (χ0n) is 28.1. The lowest BCUT2D eigenvalue weighted by molar-refractivity contribution is -0.384. The molecule has 4 aromatic rings. The number of anilines is 2. The first kappa shape index (κ1) is 34.2. The highest BCUT2D eigenvalue weighted by molar-refractivity contribution is 6.32. The van der Waals surface area contributed by atoms with E-state index in [-0.39, 0.29) is 47.3 Å². The number of imide groups is 2. The van der Waals surface area contributed by atoms with Gasteiger partial charge < -0.3 is 9.84 Å². The Kier molecular flexibility index (Phi) is 8.17. The summed E-state index contributed by atoms with van der Waals surface area (Å²) in [6.45, 7) is 1.91. The van der Waals surface area contributed by atoms with Gasteiger partial charge in [-0.1, -0.05) is 59.6 Å². The number of phenolic OH excluding ortho intramolecular Hbond substituents is 1. The predicted molar refractivity (Wildman–Crippen MR) is 190 cm³/mol. The summed E-state index contributed by atoms with van der Waals surface area (Å²) in [4.78, 5) is 70.0. The molecule has 1 N–H and O–H groups in total. The summed E-state index contributed by atoms with van der Waals surface area (Å²) < 4.78 is 20.2. The van der Waals surface area contributed by atoms with Crippen LogP contribution >= 0.6 is 11.6 Å². The van der Waals surface area contributed by atoms with Crippen molar-refractivity contribution < 1.29 is 38.3 Å². The molecular weight excluding hydrogens is 705 g/mol. The molecule has 0 radical (unpaired) electrons. The Morgan fingerprint density at radius 1 is 0.906 bits per heavy atom. The zero-order chi connectivity index (χ0) is 37.3. The van der Waals surface area contributed by atoms with Crippen LogP contribution in [0.15, 0.2) is 103 Å². The molecule has 53 heavy (non-hydrogen) atoms. The molecule has 3 fully saturated rings. The second kappa shape index (κ2) is 12.7. The molecule has 4 aromatic carbocycles. The Balaban J connectivity index is 1.21. The third-order valence-electron chi connectivity index (χ3n) is 11.3. The number of non-ortho nitro benzene ring substituents is 1. The molecule has 13 heteroatoms. The van der Waals surface area contributed by atoms with Gasteiger partial charge >= 0.3 is 0 Å². The van der Waals surface area contributed by atoms with E-state index in [2.05, 4.69) is 0 Å². The molecule has 268 valence electrons. The lowest BCUT2D eigenvalue weighted by atomic mass is 9.51. The van der Waals surface area contributed by atoms with Gasteiger partial charge in [0.05, 0.1) is 44.5 Å². The van der Waals surface area contributed by atoms with Gasteiger partial charge in [0, 0.05) is 29.7 Å². The van der Waals surface area contributed by atoms with Crippen molar-refractivity contribution in [2.45, 2.75) is 32.3 Å². The number of benzene rings is 4. The van der Waals surface area contributed by atoms with Crippen molar-refractivity contribution in [3.05, 3.63) is 135 Å². The minimum atomic E-state index is -1.47. The third kappa shape index (κ3) is 5.30. The molecular formula is C40H31ClFN3O8. The van der Waals surface area contributed by atoms with Crippen LogP contribution in [0.4, 0.5) is 21.5 Å². The molecule has 0 bridgehead atoms. The number of carbonyl (C=O) groups excluding carboxylic acids is 4. The second-order valence-corrected chi connectivity index (χ2v) is 14.4. The number of ether oxygens (including phenoxy) is 1. The molecule has 8 rings (SSSR count). The normalized spacial score (nSPS) is 26.2. The number of nitrogens with zero attached hydrogens (tertiary/aromatic N) is 3. The Morgan fingerprint density at radius 3 is 2.30 bits per heavy atom. The number of aromatic hydroxyl groups is 1. The van der Waals surface area contributed by atoms with E-state index in [4.69, 9.17) is 16.3 Å². The van der Waals surface area contributed by atoms with Gasteiger partial charge in [-0.15, -0.1) is 0 Å². The lowest BCUT2D eigenvalue weighted by Crippen LogP contribution is -2.48. The van der Waals surface area contributed by atoms with Gasteiger partial charge in [-0.05, 0) is 67.6 Å². The van der Waals surface area contributed by atoms with E-state index in [0.29, 0.717) is 16.9 Å². The van der Waals surface area contributed by atoms with Crippen LogP contribution in [0.2, 0.25) is 5.02 Å². The summed E-state index contributed by atoms with van der Waals surface area (Å²) in [5.41, 5.74) is 0.498. The summed E-state index contributed by atoms with van der Waals surface area (Å²) in [6, 6.07) is 23.0. The Bertz CT molecular complexity index is 2260. The zero-order valence-corrected chi connectivity index (χ0v) is 28.9. The van der Waals surface area contributed by atoms with Crippen molar-refractivity contribution in [2.24, 2.45) is 29.1 Å². The van der Waals surface area contributed by atoms with Crippen molar-refractivity contribution in [3.8, 4) is 11.5 Å². The highest BCUT2D eigenvalue weighted by atomic mass is 35.5. The first-order chi connectivity index (χ1) is 25.4. The van der Waals surface area contributed by atoms with E-state index in [1.54, 1.807) is 19.1 Å². The minimum Gasteiger partial charge on any atom is -0.508 e. The maximum Gasteiger partial charge on any atom is 0.269 e. The van der Waals surface area contributed by atoms with Gasteiger partial charge in [-0.3, -0.25) is 34.2 Å². The van der Waals surface area contributed by atoms with Gasteiger partial charge in [0.25, 0.3) is 5.69 Å². The standard InChI is InChI=1S/C40H31ClFN3O8/c1-40-30(37(48)44(39(40)50)24-11-16-32(42)31(41)17-24)19-29-26(35(40)27-13-12-25(18-33(27)46)53-20-21-5-3-2-4-6-21)14-15-28-34(29)38(49)43(36(28)47)22-7-9-23(10-8-22)45(51)52/h2-14,16-18,28-30,34-35,46H,15,19-20H2,1H3/t28-,29+,30-,34-,35+,40+/m0/s1. The molecule has 2 saturated heterocycles. The largest absolute Gasteiger partial charge is 0.508 e. The molecule has 2 aliphatic carbocycles. The van der Waals surface area contributed by atoms with Crippen molar-refractivity contribution in [1.29, 1.82) is 0 Å². The highest BCUT2D eigenvalue weighted by Gasteiger charge is 2.68. The third-order valence-corrected chi connectivity index (χ3v) is 11.6. The number of hydrogen-bond acceptors (Lipinski definition) is 8. The monoisotopic (exact) mass is 735 g/mol. The summed E-state index contributed by atoms with van der Waals surface area (Å²) in [5.74, 6) is -6.95. The molecule has 11 nitrogen and oxygen atoms in total. The molecule has 1 saturated carbocycles. The first-order valence-electron chi connectivity index (χ1n) is 17.1. The van der Waals surface area contributed by atoms with Crippen molar-refractivity contribution in [1.82, 2.24) is 0 Å². The van der Waals surface area contributed by atoms with E-state index in [1.807, 2.05) is 36.4 Å². The SMILES string of the molecule is C[C@@]12C(=O)N(c3ccc(F)c(Cl)c3)C(=O)[C@@H]1C[C@@H]1C(=CC[C@@H]3C(=O)N(c4ccc([N+](=O)[O-])cc4)C(=O)[C@@H]31)[C@@H]2c1ccc(OCc2ccccc2)cc1O. The molecule has 6 atom stereocenters. The molecule has 2 aliphatic heterocycles. The molecule has 0 aromatic heterocycles. The first-order valence-corrected chi connectivity index (χ1v) is 17.4. The van der Waals surface area contributed by atoms with E-state index in [9.17, 15) is 38.8 Å². The number of nitro benzene ring substituents is 1. The van der Waals surface area contributed by atoms with E-state index < -0.39 is 69.4 Å². The molecule has 4 amide bonds. The van der Waals surface area contributed by atoms with Crippen LogP contribution in [-0.4, -0.2) is 33.7 Å². The number of fused-ring (bicyclic) bond motifs is 4.